The van der Waals surface area contributed by atoms with Gasteiger partial charge >= 0.3 is 0 Å². The van der Waals surface area contributed by atoms with E-state index in [1.807, 2.05) is 64.0 Å². The summed E-state index contributed by atoms with van der Waals surface area (Å²) >= 11 is 0. The Hall–Kier alpha value is -5.29. The maximum atomic E-state index is 14.1. The first-order chi connectivity index (χ1) is 21.6. The summed E-state index contributed by atoms with van der Waals surface area (Å²) in [7, 11) is 5.53. The number of carbonyl (C=O) groups excluding carboxylic acids is 2. The normalized spacial score (nSPS) is 11.2. The molecule has 3 heterocycles. The van der Waals surface area contributed by atoms with Crippen LogP contribution in [0.4, 0.5) is 5.95 Å². The number of aryl methyl sites for hydroxylation is 3. The molecule has 0 fully saturated rings. The molecule has 0 radical (unpaired) electrons. The number of aromatic amines is 1. The maximum Gasteiger partial charge on any atom is 0.274 e. The van der Waals surface area contributed by atoms with Crippen molar-refractivity contribution in [3.63, 3.8) is 0 Å². The quantitative estimate of drug-likeness (QED) is 0.236. The number of likely N-dealkylation sites (N-methyl/N-ethyl adjacent to an activating group) is 1. The molecule has 0 aliphatic rings. The van der Waals surface area contributed by atoms with E-state index in [4.69, 9.17) is 4.74 Å². The van der Waals surface area contributed by atoms with Gasteiger partial charge in [0.05, 0.1) is 0 Å². The number of anilines is 1. The van der Waals surface area contributed by atoms with Crippen molar-refractivity contribution in [2.75, 3.05) is 38.6 Å². The van der Waals surface area contributed by atoms with Gasteiger partial charge in [-0.15, -0.1) is 0 Å². The van der Waals surface area contributed by atoms with E-state index >= 15 is 0 Å². The number of benzene rings is 2. The summed E-state index contributed by atoms with van der Waals surface area (Å²) in [5.74, 6) is 0.788. The Morgan fingerprint density at radius 3 is 2.36 bits per heavy atom. The summed E-state index contributed by atoms with van der Waals surface area (Å²) in [5.41, 5.74) is 3.84. The van der Waals surface area contributed by atoms with Gasteiger partial charge in [-0.2, -0.15) is 0 Å². The lowest BCUT2D eigenvalue weighted by Gasteiger charge is -2.23. The fourth-order valence-electron chi connectivity index (χ4n) is 5.14. The summed E-state index contributed by atoms with van der Waals surface area (Å²) in [6.45, 7) is 7.17. The Morgan fingerprint density at radius 2 is 1.69 bits per heavy atom. The number of amides is 2. The van der Waals surface area contributed by atoms with Gasteiger partial charge in [-0.05, 0) is 76.3 Å². The molecule has 0 saturated carbocycles. The van der Waals surface area contributed by atoms with Crippen LogP contribution in [0.5, 0.6) is 11.5 Å². The van der Waals surface area contributed by atoms with Gasteiger partial charge in [-0.1, -0.05) is 18.2 Å². The number of hydrogen-bond donors (Lipinski definition) is 2. The van der Waals surface area contributed by atoms with E-state index in [1.165, 1.54) is 4.57 Å². The minimum atomic E-state index is -0.310. The van der Waals surface area contributed by atoms with Gasteiger partial charge in [0.2, 0.25) is 5.95 Å². The van der Waals surface area contributed by atoms with E-state index in [2.05, 4.69) is 20.3 Å². The van der Waals surface area contributed by atoms with E-state index in [0.717, 1.165) is 11.1 Å². The second kappa shape index (κ2) is 13.1. The molecular formula is C34H37N7O4. The lowest BCUT2D eigenvalue weighted by molar-refractivity contribution is 0.0949. The largest absolute Gasteiger partial charge is 0.456 e. The Balaban J connectivity index is 1.69. The lowest BCUT2D eigenvalue weighted by atomic mass is 10.00. The fraction of sp³-hybridized carbons (Fsp3) is 0.265. The SMILES string of the molecule is CCNC(=O)c1cc2c(-c3ccc(C(=O)N(CCN(C)C)c4ncccn4)cc3Oc3c(C)cccc3C)cn(C)c(=O)c2[nH]1. The average Bonchev–Trinajstić information content (AvgIpc) is 3.48. The molecule has 0 spiro atoms. The number of pyridine rings is 1. The number of hydrogen-bond acceptors (Lipinski definition) is 7. The second-order valence-corrected chi connectivity index (χ2v) is 11.1. The predicted molar refractivity (Wildman–Crippen MR) is 175 cm³/mol. The fourth-order valence-corrected chi connectivity index (χ4v) is 5.14. The molecule has 0 aliphatic carbocycles. The molecule has 2 N–H and O–H groups in total. The summed E-state index contributed by atoms with van der Waals surface area (Å²) in [6.07, 6.45) is 4.93. The number of rotatable bonds is 10. The van der Waals surface area contributed by atoms with Crippen molar-refractivity contribution in [2.45, 2.75) is 20.8 Å². The van der Waals surface area contributed by atoms with Gasteiger partial charge in [0.1, 0.15) is 22.7 Å². The third-order valence-corrected chi connectivity index (χ3v) is 7.50. The van der Waals surface area contributed by atoms with Crippen LogP contribution < -0.4 is 20.5 Å². The van der Waals surface area contributed by atoms with Crippen molar-refractivity contribution in [1.29, 1.82) is 0 Å². The maximum absolute atomic E-state index is 14.1. The average molecular weight is 608 g/mol. The molecule has 2 amide bonds. The Morgan fingerprint density at radius 1 is 0.978 bits per heavy atom. The van der Waals surface area contributed by atoms with Gasteiger partial charge in [0.25, 0.3) is 17.4 Å². The Labute approximate surface area is 261 Å². The van der Waals surface area contributed by atoms with Crippen LogP contribution in [0.2, 0.25) is 0 Å². The van der Waals surface area contributed by atoms with E-state index in [1.54, 1.807) is 54.8 Å². The number of nitrogens with one attached hydrogen (secondary N) is 2. The van der Waals surface area contributed by atoms with Gasteiger partial charge in [-0.3, -0.25) is 19.3 Å². The van der Waals surface area contributed by atoms with Crippen molar-refractivity contribution >= 4 is 28.7 Å². The zero-order valence-corrected chi connectivity index (χ0v) is 26.3. The molecule has 0 atom stereocenters. The highest BCUT2D eigenvalue weighted by Gasteiger charge is 2.24. The van der Waals surface area contributed by atoms with Gasteiger partial charge in [0.15, 0.2) is 0 Å². The van der Waals surface area contributed by atoms with Gasteiger partial charge in [0, 0.05) is 67.3 Å². The first-order valence-electron chi connectivity index (χ1n) is 14.7. The molecule has 2 aromatic carbocycles. The number of H-pyrrole nitrogens is 1. The van der Waals surface area contributed by atoms with E-state index in [-0.39, 0.29) is 23.1 Å². The number of carbonyl (C=O) groups is 2. The lowest BCUT2D eigenvalue weighted by Crippen LogP contribution is -2.37. The van der Waals surface area contributed by atoms with Crippen LogP contribution in [-0.2, 0) is 7.05 Å². The molecule has 0 bridgehead atoms. The highest BCUT2D eigenvalue weighted by molar-refractivity contribution is 6.07. The van der Waals surface area contributed by atoms with Crippen molar-refractivity contribution in [3.05, 3.63) is 99.9 Å². The minimum absolute atomic E-state index is 0.271. The van der Waals surface area contributed by atoms with Gasteiger partial charge < -0.3 is 24.5 Å². The summed E-state index contributed by atoms with van der Waals surface area (Å²) < 4.78 is 8.09. The van der Waals surface area contributed by atoms with E-state index in [0.29, 0.717) is 64.7 Å². The van der Waals surface area contributed by atoms with Crippen molar-refractivity contribution in [3.8, 4) is 22.6 Å². The molecule has 0 unspecified atom stereocenters. The van der Waals surface area contributed by atoms with Crippen LogP contribution in [0.1, 0.15) is 38.9 Å². The summed E-state index contributed by atoms with van der Waals surface area (Å²) in [5, 5.41) is 3.34. The third-order valence-electron chi connectivity index (χ3n) is 7.50. The second-order valence-electron chi connectivity index (χ2n) is 11.1. The molecule has 0 aliphatic heterocycles. The molecule has 5 aromatic rings. The predicted octanol–water partition coefficient (Wildman–Crippen LogP) is 4.69. The number of fused-ring (bicyclic) bond motifs is 1. The van der Waals surface area contributed by atoms with Crippen LogP contribution in [-0.4, -0.2) is 70.0 Å². The van der Waals surface area contributed by atoms with E-state index in [9.17, 15) is 14.4 Å². The molecule has 0 saturated heterocycles. The molecule has 45 heavy (non-hydrogen) atoms. The Bertz CT molecular complexity index is 1910. The summed E-state index contributed by atoms with van der Waals surface area (Å²) in [6, 6.07) is 14.5. The Kier molecular flexibility index (Phi) is 9.10. The first-order valence-corrected chi connectivity index (χ1v) is 14.7. The number of aromatic nitrogens is 4. The van der Waals surface area contributed by atoms with Crippen LogP contribution >= 0.6 is 0 Å². The van der Waals surface area contributed by atoms with Crippen molar-refractivity contribution in [2.24, 2.45) is 7.05 Å². The van der Waals surface area contributed by atoms with Crippen LogP contribution in [0.3, 0.4) is 0 Å². The topological polar surface area (TPSA) is 125 Å². The van der Waals surface area contributed by atoms with Crippen molar-refractivity contribution in [1.82, 2.24) is 29.7 Å². The minimum Gasteiger partial charge on any atom is -0.456 e. The highest BCUT2D eigenvalue weighted by Crippen LogP contribution is 2.39. The standard InChI is InChI=1S/C34H37N7O4/c1-7-35-31(42)27-19-25-26(20-40(6)33(44)29(25)38-27)24-13-12-23(18-28(24)45-30-21(2)10-8-11-22(30)3)32(43)41(17-16-39(4)5)34-36-14-9-15-37-34/h8-15,18-20,38H,7,16-17H2,1-6H3,(H,35,42). The van der Waals surface area contributed by atoms with Crippen LogP contribution in [0.25, 0.3) is 22.0 Å². The monoisotopic (exact) mass is 607 g/mol. The number of ether oxygens (including phenoxy) is 1. The van der Waals surface area contributed by atoms with E-state index < -0.39 is 0 Å². The van der Waals surface area contributed by atoms with Crippen LogP contribution in [0.15, 0.2) is 71.9 Å². The number of para-hydroxylation sites is 1. The smallest absolute Gasteiger partial charge is 0.274 e. The summed E-state index contributed by atoms with van der Waals surface area (Å²) in [4.78, 5) is 55.1. The molecule has 5 rings (SSSR count). The molecule has 232 valence electrons. The molecule has 11 nitrogen and oxygen atoms in total. The zero-order valence-electron chi connectivity index (χ0n) is 26.3. The molecular weight excluding hydrogens is 570 g/mol. The van der Waals surface area contributed by atoms with Crippen molar-refractivity contribution < 1.29 is 14.3 Å². The molecule has 11 heteroatoms. The van der Waals surface area contributed by atoms with Crippen LogP contribution in [0, 0.1) is 13.8 Å². The van der Waals surface area contributed by atoms with Gasteiger partial charge in [-0.25, -0.2) is 9.97 Å². The third kappa shape index (κ3) is 6.48. The zero-order chi connectivity index (χ0) is 32.2. The highest BCUT2D eigenvalue weighted by atomic mass is 16.5. The first kappa shape index (κ1) is 31.1. The molecule has 3 aromatic heterocycles. The number of nitrogens with zero attached hydrogens (tertiary/aromatic N) is 5.